The number of nitrogens with zero attached hydrogens (tertiary/aromatic N) is 3. The minimum atomic E-state index is 0.220. The van der Waals surface area contributed by atoms with Crippen molar-refractivity contribution in [2.24, 2.45) is 23.2 Å². The Labute approximate surface area is 242 Å². The van der Waals surface area contributed by atoms with Crippen LogP contribution in [0.1, 0.15) is 68.9 Å². The van der Waals surface area contributed by atoms with E-state index in [0.29, 0.717) is 53.6 Å². The molecule has 0 aliphatic heterocycles. The summed E-state index contributed by atoms with van der Waals surface area (Å²) in [4.78, 5) is 9.06. The second kappa shape index (κ2) is 12.2. The highest BCUT2D eigenvalue weighted by Gasteiger charge is 2.55. The van der Waals surface area contributed by atoms with Crippen molar-refractivity contribution in [2.45, 2.75) is 82.5 Å². The van der Waals surface area contributed by atoms with Crippen molar-refractivity contribution in [3.63, 3.8) is 0 Å². The standard InChI is InChI=1S/C31H42ClN7O/c32-27-4-2-1-3-21(27)17-35-30-36-18-24(16-33)29(39-30)37-19-31-13-20-11-22(14-31)28(23(12-20)15-31)38-26-7-5-25(6-8-26)34-9-10-40/h1-4,18,20,22-23,25-26,28,34,38,40H,5-15,17,19H2,(H2,35,36,37,39)/t20?,22-,23?,25?,26?,28?,31?/m0/s1. The molecule has 1 aromatic heterocycles. The average molecular weight is 564 g/mol. The van der Waals surface area contributed by atoms with Gasteiger partial charge in [-0.1, -0.05) is 29.8 Å². The summed E-state index contributed by atoms with van der Waals surface area (Å²) in [5.74, 6) is 3.43. The van der Waals surface area contributed by atoms with E-state index in [2.05, 4.69) is 32.3 Å². The van der Waals surface area contributed by atoms with E-state index in [9.17, 15) is 5.26 Å². The molecule has 0 amide bonds. The largest absolute Gasteiger partial charge is 0.395 e. The fourth-order valence-electron chi connectivity index (χ4n) is 8.46. The lowest BCUT2D eigenvalue weighted by Gasteiger charge is -2.61. The third-order valence-corrected chi connectivity index (χ3v) is 10.4. The second-order valence-corrected chi connectivity index (χ2v) is 13.2. The highest BCUT2D eigenvalue weighted by atomic mass is 35.5. The van der Waals surface area contributed by atoms with Gasteiger partial charge in [0.05, 0.1) is 12.8 Å². The van der Waals surface area contributed by atoms with Crippen LogP contribution < -0.4 is 21.3 Å². The van der Waals surface area contributed by atoms with E-state index in [1.165, 1.54) is 57.8 Å². The molecule has 0 radical (unpaired) electrons. The smallest absolute Gasteiger partial charge is 0.224 e. The summed E-state index contributed by atoms with van der Waals surface area (Å²) >= 11 is 6.31. The van der Waals surface area contributed by atoms with E-state index in [4.69, 9.17) is 21.7 Å². The zero-order chi connectivity index (χ0) is 27.5. The van der Waals surface area contributed by atoms with E-state index in [0.717, 1.165) is 29.9 Å². The van der Waals surface area contributed by atoms with Gasteiger partial charge in [-0.25, -0.2) is 4.98 Å². The number of hydrogen-bond donors (Lipinski definition) is 5. The molecular weight excluding hydrogens is 522 g/mol. The van der Waals surface area contributed by atoms with Crippen LogP contribution in [0.4, 0.5) is 11.8 Å². The fourth-order valence-corrected chi connectivity index (χ4v) is 8.66. The molecule has 7 rings (SSSR count). The SMILES string of the molecule is N#Cc1cnc(NCc2ccccc2Cl)nc1NCC12CC3CC(C1)C(NC1CCC(NCCO)CC1)[C@@H](C3)C2. The Morgan fingerprint density at radius 2 is 1.77 bits per heavy atom. The van der Waals surface area contributed by atoms with Crippen LogP contribution in [0, 0.1) is 34.5 Å². The number of aromatic nitrogens is 2. The highest BCUT2D eigenvalue weighted by molar-refractivity contribution is 6.31. The molecule has 1 heterocycles. The molecule has 9 heteroatoms. The molecule has 4 bridgehead atoms. The van der Waals surface area contributed by atoms with Crippen LogP contribution in [0.25, 0.3) is 0 Å². The van der Waals surface area contributed by atoms with Crippen molar-refractivity contribution in [3.05, 3.63) is 46.6 Å². The minimum absolute atomic E-state index is 0.220. The van der Waals surface area contributed by atoms with Crippen LogP contribution in [0.5, 0.6) is 0 Å². The third-order valence-electron chi connectivity index (χ3n) is 10.0. The summed E-state index contributed by atoms with van der Waals surface area (Å²) in [6.07, 6.45) is 13.0. The van der Waals surface area contributed by atoms with Crippen molar-refractivity contribution in [1.82, 2.24) is 20.6 Å². The average Bonchev–Trinajstić information content (AvgIpc) is 2.97. The summed E-state index contributed by atoms with van der Waals surface area (Å²) in [5.41, 5.74) is 1.75. The predicted octanol–water partition coefficient (Wildman–Crippen LogP) is 4.70. The van der Waals surface area contributed by atoms with E-state index in [-0.39, 0.29) is 12.0 Å². The molecule has 4 unspecified atom stereocenters. The van der Waals surface area contributed by atoms with Crippen LogP contribution in [0.2, 0.25) is 5.02 Å². The molecule has 0 spiro atoms. The summed E-state index contributed by atoms with van der Waals surface area (Å²) in [6.45, 7) is 2.31. The van der Waals surface area contributed by atoms with Gasteiger partial charge in [0.15, 0.2) is 0 Å². The topological polar surface area (TPSA) is 118 Å². The van der Waals surface area contributed by atoms with Gasteiger partial charge >= 0.3 is 0 Å². The molecule has 40 heavy (non-hydrogen) atoms. The zero-order valence-electron chi connectivity index (χ0n) is 23.2. The normalized spacial score (nSPS) is 32.5. The van der Waals surface area contributed by atoms with Crippen LogP contribution >= 0.6 is 11.6 Å². The Balaban J connectivity index is 1.06. The maximum Gasteiger partial charge on any atom is 0.224 e. The van der Waals surface area contributed by atoms with Crippen molar-refractivity contribution in [3.8, 4) is 6.07 Å². The number of nitrogens with one attached hydrogen (secondary N) is 4. The van der Waals surface area contributed by atoms with Gasteiger partial charge in [0.2, 0.25) is 5.95 Å². The number of anilines is 2. The van der Waals surface area contributed by atoms with Crippen LogP contribution in [-0.2, 0) is 6.54 Å². The first-order valence-corrected chi connectivity index (χ1v) is 15.5. The predicted molar refractivity (Wildman–Crippen MR) is 158 cm³/mol. The molecule has 5 fully saturated rings. The van der Waals surface area contributed by atoms with Gasteiger partial charge < -0.3 is 26.4 Å². The van der Waals surface area contributed by atoms with Gasteiger partial charge in [0, 0.05) is 42.8 Å². The molecule has 0 saturated heterocycles. The molecule has 5 aliphatic carbocycles. The molecule has 5 atom stereocenters. The quantitative estimate of drug-likeness (QED) is 0.267. The number of rotatable bonds is 11. The van der Waals surface area contributed by atoms with Crippen molar-refractivity contribution < 1.29 is 5.11 Å². The lowest BCUT2D eigenvalue weighted by molar-refractivity contribution is -0.0730. The fraction of sp³-hybridized carbons (Fsp3) is 0.645. The zero-order valence-corrected chi connectivity index (χ0v) is 24.0. The number of aliphatic hydroxyl groups is 1. The molecule has 2 aromatic rings. The van der Waals surface area contributed by atoms with E-state index < -0.39 is 0 Å². The first-order chi connectivity index (χ1) is 19.5. The van der Waals surface area contributed by atoms with Crippen molar-refractivity contribution >= 4 is 23.4 Å². The number of nitriles is 1. The molecule has 5 saturated carbocycles. The Morgan fingerprint density at radius 3 is 2.50 bits per heavy atom. The third kappa shape index (κ3) is 6.08. The summed E-state index contributed by atoms with van der Waals surface area (Å²) in [5, 5.41) is 34.0. The molecular formula is C31H42ClN7O. The molecule has 214 valence electrons. The van der Waals surface area contributed by atoms with E-state index in [1.54, 1.807) is 6.20 Å². The maximum atomic E-state index is 9.73. The lowest BCUT2D eigenvalue weighted by Crippen LogP contribution is -2.61. The van der Waals surface area contributed by atoms with Gasteiger partial charge in [-0.05, 0) is 92.6 Å². The molecule has 5 aliphatic rings. The second-order valence-electron chi connectivity index (χ2n) is 12.8. The lowest BCUT2D eigenvalue weighted by atomic mass is 9.47. The van der Waals surface area contributed by atoms with Crippen LogP contribution in [0.15, 0.2) is 30.5 Å². The Morgan fingerprint density at radius 1 is 1.02 bits per heavy atom. The van der Waals surface area contributed by atoms with Gasteiger partial charge in [-0.3, -0.25) is 0 Å². The Bertz CT molecular complexity index is 1190. The maximum absolute atomic E-state index is 9.73. The van der Waals surface area contributed by atoms with Crippen LogP contribution in [0.3, 0.4) is 0 Å². The summed E-state index contributed by atoms with van der Waals surface area (Å²) < 4.78 is 0. The molecule has 5 N–H and O–H groups in total. The first-order valence-electron chi connectivity index (χ1n) is 15.1. The number of benzene rings is 1. The number of halogens is 1. The van der Waals surface area contributed by atoms with E-state index >= 15 is 0 Å². The summed E-state index contributed by atoms with van der Waals surface area (Å²) in [7, 11) is 0. The number of aliphatic hydroxyl groups excluding tert-OH is 1. The first kappa shape index (κ1) is 27.7. The van der Waals surface area contributed by atoms with Gasteiger partial charge in [-0.15, -0.1) is 0 Å². The Kier molecular flexibility index (Phi) is 8.45. The monoisotopic (exact) mass is 563 g/mol. The van der Waals surface area contributed by atoms with Gasteiger partial charge in [0.1, 0.15) is 17.5 Å². The van der Waals surface area contributed by atoms with Crippen molar-refractivity contribution in [1.29, 1.82) is 5.26 Å². The Hall–Kier alpha value is -2.44. The summed E-state index contributed by atoms with van der Waals surface area (Å²) in [6, 6.07) is 11.8. The van der Waals surface area contributed by atoms with Crippen molar-refractivity contribution in [2.75, 3.05) is 30.3 Å². The number of hydrogen-bond acceptors (Lipinski definition) is 8. The van der Waals surface area contributed by atoms with Gasteiger partial charge in [0.25, 0.3) is 0 Å². The molecule has 8 nitrogen and oxygen atoms in total. The minimum Gasteiger partial charge on any atom is -0.395 e. The highest BCUT2D eigenvalue weighted by Crippen LogP contribution is 2.60. The van der Waals surface area contributed by atoms with Gasteiger partial charge in [-0.2, -0.15) is 10.2 Å². The van der Waals surface area contributed by atoms with Crippen LogP contribution in [-0.4, -0.2) is 52.9 Å². The molecule has 1 aromatic carbocycles. The van der Waals surface area contributed by atoms with E-state index in [1.807, 2.05) is 24.3 Å².